The lowest BCUT2D eigenvalue weighted by Gasteiger charge is -2.13. The van der Waals surface area contributed by atoms with Gasteiger partial charge in [-0.1, -0.05) is 13.8 Å². The lowest BCUT2D eigenvalue weighted by Crippen LogP contribution is -2.01. The molecule has 1 aromatic rings. The highest BCUT2D eigenvalue weighted by Crippen LogP contribution is 2.18. The molecule has 0 spiro atoms. The summed E-state index contributed by atoms with van der Waals surface area (Å²) in [5.41, 5.74) is 2.98. The van der Waals surface area contributed by atoms with Gasteiger partial charge < -0.3 is 0 Å². The summed E-state index contributed by atoms with van der Waals surface area (Å²) < 4.78 is 0. The van der Waals surface area contributed by atoms with Crippen LogP contribution in [0.15, 0.2) is 18.5 Å². The minimum absolute atomic E-state index is 1.24. The summed E-state index contributed by atoms with van der Waals surface area (Å²) in [6.45, 7) is 4.00. The molecule has 0 atom stereocenters. The van der Waals surface area contributed by atoms with E-state index in [0.717, 1.165) is 0 Å². The first kappa shape index (κ1) is 9.24. The summed E-state index contributed by atoms with van der Waals surface area (Å²) in [4.78, 5) is 4.10. The van der Waals surface area contributed by atoms with Gasteiger partial charge in [0.05, 0.1) is 0 Å². The van der Waals surface area contributed by atoms with Crippen molar-refractivity contribution in [3.8, 4) is 0 Å². The zero-order valence-electron chi connectivity index (χ0n) is 8.01. The number of hydrogen-bond acceptors (Lipinski definition) is 1. The van der Waals surface area contributed by atoms with E-state index < -0.39 is 0 Å². The van der Waals surface area contributed by atoms with Crippen LogP contribution >= 0.6 is 0 Å². The van der Waals surface area contributed by atoms with E-state index in [1.54, 1.807) is 0 Å². The fourth-order valence-electron chi connectivity index (χ4n) is 1.56. The van der Waals surface area contributed by atoms with Gasteiger partial charge in [-0.05, 0) is 42.9 Å². The third-order valence-electron chi connectivity index (χ3n) is 2.15. The van der Waals surface area contributed by atoms with Gasteiger partial charge >= 0.3 is 0 Å². The maximum atomic E-state index is 4.10. The minimum atomic E-state index is 1.24. The van der Waals surface area contributed by atoms with E-state index >= 15 is 0 Å². The van der Waals surface area contributed by atoms with Gasteiger partial charge in [-0.2, -0.15) is 0 Å². The molecular formula is C11H17N. The zero-order chi connectivity index (χ0) is 8.81. The fraction of sp³-hybridized carbons (Fsp3) is 0.545. The number of aryl methyl sites for hydroxylation is 2. The van der Waals surface area contributed by atoms with Crippen LogP contribution in [0.4, 0.5) is 0 Å². The molecule has 1 heterocycles. The molecule has 0 unspecified atom stereocenters. The highest BCUT2D eigenvalue weighted by molar-refractivity contribution is 5.25. The molecule has 12 heavy (non-hydrogen) atoms. The van der Waals surface area contributed by atoms with Gasteiger partial charge in [0.15, 0.2) is 0 Å². The van der Waals surface area contributed by atoms with Crippen molar-refractivity contribution in [2.45, 2.75) is 39.5 Å². The zero-order valence-corrected chi connectivity index (χ0v) is 8.01. The van der Waals surface area contributed by atoms with Crippen LogP contribution in [-0.4, -0.2) is 4.98 Å². The van der Waals surface area contributed by atoms with Crippen LogP contribution in [0.5, 0.6) is 0 Å². The highest BCUT2D eigenvalue weighted by atomic mass is 14.6. The number of fused-ring (bicyclic) bond motifs is 1. The molecule has 0 aliphatic heterocycles. The first-order chi connectivity index (χ1) is 5.97. The maximum Gasteiger partial charge on any atom is 0.0302 e. The van der Waals surface area contributed by atoms with Crippen molar-refractivity contribution in [2.75, 3.05) is 0 Å². The van der Waals surface area contributed by atoms with Crippen LogP contribution in [-0.2, 0) is 12.8 Å². The summed E-state index contributed by atoms with van der Waals surface area (Å²) in [5, 5.41) is 0. The molecule has 66 valence electrons. The van der Waals surface area contributed by atoms with Gasteiger partial charge in [0.25, 0.3) is 0 Å². The third-order valence-corrected chi connectivity index (χ3v) is 2.15. The molecular weight excluding hydrogens is 146 g/mol. The van der Waals surface area contributed by atoms with Crippen LogP contribution in [0.1, 0.15) is 37.8 Å². The molecule has 1 aliphatic carbocycles. The van der Waals surface area contributed by atoms with Crippen LogP contribution in [0.25, 0.3) is 0 Å². The Bertz CT molecular complexity index is 205. The number of aromatic nitrogens is 1. The van der Waals surface area contributed by atoms with Crippen LogP contribution in [0.2, 0.25) is 0 Å². The Morgan fingerprint density at radius 2 is 1.75 bits per heavy atom. The minimum Gasteiger partial charge on any atom is -0.264 e. The van der Waals surface area contributed by atoms with Crippen molar-refractivity contribution in [2.24, 2.45) is 0 Å². The second kappa shape index (κ2) is 4.91. The molecule has 1 aliphatic rings. The highest BCUT2D eigenvalue weighted by Gasteiger charge is 2.06. The van der Waals surface area contributed by atoms with Gasteiger partial charge in [-0.25, -0.2) is 0 Å². The first-order valence-electron chi connectivity index (χ1n) is 4.88. The lowest BCUT2D eigenvalue weighted by atomic mass is 9.94. The molecule has 1 aromatic heterocycles. The monoisotopic (exact) mass is 163 g/mol. The summed E-state index contributed by atoms with van der Waals surface area (Å²) in [6, 6.07) is 2.15. The molecule has 0 bridgehead atoms. The van der Waals surface area contributed by atoms with E-state index in [-0.39, 0.29) is 0 Å². The molecule has 1 nitrogen and oxygen atoms in total. The van der Waals surface area contributed by atoms with E-state index in [1.807, 2.05) is 26.2 Å². The maximum absolute atomic E-state index is 4.10. The van der Waals surface area contributed by atoms with E-state index in [1.165, 1.54) is 36.8 Å². The Morgan fingerprint density at radius 3 is 2.42 bits per heavy atom. The Labute approximate surface area is 74.8 Å². The van der Waals surface area contributed by atoms with E-state index in [4.69, 9.17) is 0 Å². The number of rotatable bonds is 0. The SMILES string of the molecule is CC.c1cc2c(cn1)CCCC2. The van der Waals surface area contributed by atoms with Gasteiger partial charge in [0, 0.05) is 12.4 Å². The van der Waals surface area contributed by atoms with Crippen molar-refractivity contribution >= 4 is 0 Å². The Balaban J connectivity index is 0.000000336. The molecule has 0 saturated carbocycles. The quantitative estimate of drug-likeness (QED) is 0.573. The first-order valence-corrected chi connectivity index (χ1v) is 4.88. The molecule has 0 amide bonds. The van der Waals surface area contributed by atoms with Crippen LogP contribution in [0.3, 0.4) is 0 Å². The van der Waals surface area contributed by atoms with Gasteiger partial charge in [-0.3, -0.25) is 4.98 Å². The normalized spacial score (nSPS) is 14.2. The van der Waals surface area contributed by atoms with E-state index in [9.17, 15) is 0 Å². The largest absolute Gasteiger partial charge is 0.264 e. The predicted octanol–water partition coefficient (Wildman–Crippen LogP) is 2.99. The van der Waals surface area contributed by atoms with E-state index in [0.29, 0.717) is 0 Å². The molecule has 0 N–H and O–H groups in total. The number of nitrogens with zero attached hydrogens (tertiary/aromatic N) is 1. The van der Waals surface area contributed by atoms with Gasteiger partial charge in [0.1, 0.15) is 0 Å². The number of hydrogen-bond donors (Lipinski definition) is 0. The van der Waals surface area contributed by atoms with Crippen LogP contribution in [0, 0.1) is 0 Å². The molecule has 0 saturated heterocycles. The summed E-state index contributed by atoms with van der Waals surface area (Å²) in [6.07, 6.45) is 9.11. The average Bonchev–Trinajstić information content (AvgIpc) is 2.21. The van der Waals surface area contributed by atoms with Gasteiger partial charge in [0.2, 0.25) is 0 Å². The molecule has 0 fully saturated rings. The molecule has 0 radical (unpaired) electrons. The standard InChI is InChI=1S/C9H11N.C2H6/c1-2-4-9-7-10-6-5-8(9)3-1;1-2/h5-7H,1-4H2;1-2H3. The van der Waals surface area contributed by atoms with E-state index in [2.05, 4.69) is 11.1 Å². The Kier molecular flexibility index (Phi) is 3.78. The molecule has 0 aromatic carbocycles. The topological polar surface area (TPSA) is 12.9 Å². The van der Waals surface area contributed by atoms with Crippen molar-refractivity contribution < 1.29 is 0 Å². The predicted molar refractivity (Wildman–Crippen MR) is 52.2 cm³/mol. The van der Waals surface area contributed by atoms with Crippen molar-refractivity contribution in [3.63, 3.8) is 0 Å². The fourth-order valence-corrected chi connectivity index (χ4v) is 1.56. The second-order valence-corrected chi connectivity index (χ2v) is 2.85. The van der Waals surface area contributed by atoms with Crippen LogP contribution < -0.4 is 0 Å². The molecule has 2 rings (SSSR count). The summed E-state index contributed by atoms with van der Waals surface area (Å²) in [5.74, 6) is 0. The third kappa shape index (κ3) is 2.07. The smallest absolute Gasteiger partial charge is 0.0302 e. The molecule has 1 heteroatoms. The van der Waals surface area contributed by atoms with Gasteiger partial charge in [-0.15, -0.1) is 0 Å². The Hall–Kier alpha value is -0.850. The average molecular weight is 163 g/mol. The number of pyridine rings is 1. The van der Waals surface area contributed by atoms with Crippen molar-refractivity contribution in [1.82, 2.24) is 4.98 Å². The van der Waals surface area contributed by atoms with Crippen molar-refractivity contribution in [1.29, 1.82) is 0 Å². The summed E-state index contributed by atoms with van der Waals surface area (Å²) >= 11 is 0. The summed E-state index contributed by atoms with van der Waals surface area (Å²) in [7, 11) is 0. The second-order valence-electron chi connectivity index (χ2n) is 2.85. The Morgan fingerprint density at radius 1 is 1.08 bits per heavy atom. The lowest BCUT2D eigenvalue weighted by molar-refractivity contribution is 0.682. The van der Waals surface area contributed by atoms with Crippen molar-refractivity contribution in [3.05, 3.63) is 29.6 Å².